The molecular weight excluding hydrogens is 512 g/mol. The number of aromatic amines is 1. The molecule has 0 saturated carbocycles. The number of ether oxygens (including phenoxy) is 1. The van der Waals surface area contributed by atoms with Crippen LogP contribution in [0.4, 0.5) is 21.7 Å². The first-order chi connectivity index (χ1) is 17.7. The summed E-state index contributed by atoms with van der Waals surface area (Å²) in [5.41, 5.74) is 0.244. The molecule has 0 aliphatic rings. The normalized spacial score (nSPS) is 11.9. The monoisotopic (exact) mass is 529 g/mol. The molecule has 1 amide bonds. The summed E-state index contributed by atoms with van der Waals surface area (Å²) in [5.74, 6) is -1.24. The third kappa shape index (κ3) is 4.91. The Morgan fingerprint density at radius 2 is 1.81 bits per heavy atom. The van der Waals surface area contributed by atoms with E-state index in [-0.39, 0.29) is 17.1 Å². The van der Waals surface area contributed by atoms with E-state index in [1.807, 2.05) is 0 Å². The maximum absolute atomic E-state index is 14.0. The maximum atomic E-state index is 14.0. The number of hydrogen-bond donors (Lipinski definition) is 3. The Balaban J connectivity index is 1.45. The van der Waals surface area contributed by atoms with Crippen molar-refractivity contribution >= 4 is 33.8 Å². The number of pyridine rings is 2. The van der Waals surface area contributed by atoms with Gasteiger partial charge in [0.05, 0.1) is 16.6 Å². The molecule has 5 rings (SSSR count). The van der Waals surface area contributed by atoms with E-state index in [2.05, 4.69) is 15.3 Å². The Bertz CT molecular complexity index is 1620. The molecule has 0 unspecified atom stereocenters. The van der Waals surface area contributed by atoms with Crippen molar-refractivity contribution < 1.29 is 35.5 Å². The van der Waals surface area contributed by atoms with Crippen molar-refractivity contribution in [3.8, 4) is 22.8 Å². The summed E-state index contributed by atoms with van der Waals surface area (Å²) >= 11 is -5.79. The number of fused-ring (bicyclic) bond motifs is 1. The highest BCUT2D eigenvalue weighted by molar-refractivity contribution is 8.21. The van der Waals surface area contributed by atoms with Crippen LogP contribution in [0.2, 0.25) is 0 Å². The third-order valence-corrected chi connectivity index (χ3v) is 6.27. The fraction of sp³-hybridized carbons (Fsp3) is 0. The van der Waals surface area contributed by atoms with Gasteiger partial charge in [0.2, 0.25) is 11.2 Å². The van der Waals surface area contributed by atoms with Gasteiger partial charge in [0.25, 0.3) is 5.69 Å². The standard InChI is InChI=1S/C25H16F4N4O3S/c26-16-6-4-15(5-7-16)20-2-1-3-21(33(20)35)25(34)32-19-9-8-17(14-23(19)37(27,28)29)36-22-11-13-31-24-18(22)10-12-30-24/h1-14H,(H2-,30,31,32,34,35)/p+1. The molecule has 188 valence electrons. The molecule has 0 fully saturated rings. The van der Waals surface area contributed by atoms with Gasteiger partial charge >= 0.3 is 11.6 Å². The zero-order valence-corrected chi connectivity index (χ0v) is 19.5. The van der Waals surface area contributed by atoms with Crippen LogP contribution in [-0.2, 0) is 0 Å². The van der Waals surface area contributed by atoms with Crippen LogP contribution in [0, 0.1) is 5.82 Å². The van der Waals surface area contributed by atoms with E-state index in [4.69, 9.17) is 4.74 Å². The number of hydrogen-bond acceptors (Lipinski definition) is 4. The van der Waals surface area contributed by atoms with Gasteiger partial charge in [0.1, 0.15) is 27.9 Å². The van der Waals surface area contributed by atoms with Crippen LogP contribution >= 0.6 is 11.2 Å². The second-order valence-corrected chi connectivity index (χ2v) is 9.04. The molecule has 3 N–H and O–H groups in total. The maximum Gasteiger partial charge on any atom is 0.325 e. The van der Waals surface area contributed by atoms with Gasteiger partial charge in [-0.3, -0.25) is 10.0 Å². The Kier molecular flexibility index (Phi) is 6.17. The molecule has 0 aliphatic heterocycles. The number of nitrogens with one attached hydrogen (secondary N) is 2. The molecule has 3 aromatic heterocycles. The molecule has 37 heavy (non-hydrogen) atoms. The molecule has 0 aliphatic carbocycles. The van der Waals surface area contributed by atoms with E-state index in [0.717, 1.165) is 12.1 Å². The molecule has 2 aromatic carbocycles. The molecule has 12 heteroatoms. The summed E-state index contributed by atoms with van der Waals surface area (Å²) in [7, 11) is 0. The Morgan fingerprint density at radius 1 is 1.03 bits per heavy atom. The molecule has 0 atom stereocenters. The minimum absolute atomic E-state index is 0.0814. The predicted octanol–water partition coefficient (Wildman–Crippen LogP) is 6.76. The number of nitrogens with zero attached hydrogens (tertiary/aromatic N) is 2. The average molecular weight is 529 g/mol. The largest absolute Gasteiger partial charge is 0.456 e. The fourth-order valence-electron chi connectivity index (χ4n) is 3.71. The summed E-state index contributed by atoms with van der Waals surface area (Å²) in [5, 5.41) is 13.4. The lowest BCUT2D eigenvalue weighted by molar-refractivity contribution is -0.897. The van der Waals surface area contributed by atoms with Crippen LogP contribution in [0.15, 0.2) is 90.1 Å². The van der Waals surface area contributed by atoms with Crippen molar-refractivity contribution in [2.45, 2.75) is 4.90 Å². The number of benzene rings is 2. The lowest BCUT2D eigenvalue weighted by atomic mass is 10.1. The van der Waals surface area contributed by atoms with Crippen molar-refractivity contribution in [1.82, 2.24) is 9.97 Å². The first-order valence-electron chi connectivity index (χ1n) is 10.7. The lowest BCUT2D eigenvalue weighted by Gasteiger charge is -2.17. The summed E-state index contributed by atoms with van der Waals surface area (Å²) in [6, 6.07) is 15.7. The summed E-state index contributed by atoms with van der Waals surface area (Å²) in [6.45, 7) is 0. The van der Waals surface area contributed by atoms with Gasteiger partial charge in [-0.15, -0.1) is 11.7 Å². The minimum atomic E-state index is -5.79. The van der Waals surface area contributed by atoms with Gasteiger partial charge < -0.3 is 15.0 Å². The Morgan fingerprint density at radius 3 is 2.57 bits per heavy atom. The van der Waals surface area contributed by atoms with E-state index in [0.29, 0.717) is 27.1 Å². The van der Waals surface area contributed by atoms with E-state index in [9.17, 15) is 26.0 Å². The highest BCUT2D eigenvalue weighted by atomic mass is 32.3. The zero-order valence-electron chi connectivity index (χ0n) is 18.7. The smallest absolute Gasteiger partial charge is 0.325 e. The average Bonchev–Trinajstić information content (AvgIpc) is 3.35. The SMILES string of the molecule is O=C(Nc1ccc(Oc2ccnc3[nH]ccc23)cc1S(F)(F)F)c1cccc(-c2ccc(F)cc2)[n+]1O. The van der Waals surface area contributed by atoms with Crippen LogP contribution in [0.3, 0.4) is 0 Å². The molecular formula is C25H17F4N4O3S+. The molecule has 0 spiro atoms. The Labute approximate surface area is 209 Å². The van der Waals surface area contributed by atoms with Gasteiger partial charge in [-0.25, -0.2) is 9.37 Å². The number of halogens is 4. The topological polar surface area (TPSA) is 91.1 Å². The van der Waals surface area contributed by atoms with E-state index >= 15 is 0 Å². The van der Waals surface area contributed by atoms with Crippen LogP contribution in [0.25, 0.3) is 22.3 Å². The van der Waals surface area contributed by atoms with Crippen molar-refractivity contribution in [2.24, 2.45) is 0 Å². The molecule has 3 heterocycles. The molecule has 0 bridgehead atoms. The number of amides is 1. The number of rotatable bonds is 6. The molecule has 0 radical (unpaired) electrons. The first-order valence-corrected chi connectivity index (χ1v) is 12.0. The summed E-state index contributed by atoms with van der Waals surface area (Å²) < 4.78 is 61.5. The van der Waals surface area contributed by atoms with Gasteiger partial charge in [0, 0.05) is 35.3 Å². The molecule has 0 saturated heterocycles. The van der Waals surface area contributed by atoms with E-state index in [1.54, 1.807) is 12.3 Å². The van der Waals surface area contributed by atoms with Crippen molar-refractivity contribution in [3.63, 3.8) is 0 Å². The number of anilines is 1. The zero-order chi connectivity index (χ0) is 26.2. The van der Waals surface area contributed by atoms with E-state index < -0.39 is 33.5 Å². The van der Waals surface area contributed by atoms with Gasteiger partial charge in [0.15, 0.2) is 0 Å². The van der Waals surface area contributed by atoms with Gasteiger partial charge in [-0.1, -0.05) is 0 Å². The number of carbonyl (C=O) groups is 1. The fourth-order valence-corrected chi connectivity index (χ4v) is 4.33. The van der Waals surface area contributed by atoms with Gasteiger partial charge in [-0.2, -0.15) is 0 Å². The van der Waals surface area contributed by atoms with Crippen molar-refractivity contribution in [3.05, 3.63) is 96.7 Å². The second kappa shape index (κ2) is 9.47. The highest BCUT2D eigenvalue weighted by Crippen LogP contribution is 2.63. The van der Waals surface area contributed by atoms with Crippen molar-refractivity contribution in [2.75, 3.05) is 5.32 Å². The lowest BCUT2D eigenvalue weighted by Crippen LogP contribution is -2.41. The van der Waals surface area contributed by atoms with Crippen LogP contribution in [0.5, 0.6) is 11.5 Å². The number of H-pyrrole nitrogens is 1. The first kappa shape index (κ1) is 24.1. The van der Waals surface area contributed by atoms with Crippen LogP contribution in [-0.4, -0.2) is 21.1 Å². The highest BCUT2D eigenvalue weighted by Gasteiger charge is 2.32. The minimum Gasteiger partial charge on any atom is -0.456 e. The van der Waals surface area contributed by atoms with Crippen molar-refractivity contribution in [1.29, 1.82) is 0 Å². The number of carbonyl (C=O) groups excluding carboxylic acids is 1. The molecule has 5 aromatic rings. The number of aromatic nitrogens is 3. The predicted molar refractivity (Wildman–Crippen MR) is 129 cm³/mol. The van der Waals surface area contributed by atoms with E-state index in [1.165, 1.54) is 60.8 Å². The van der Waals surface area contributed by atoms with Crippen LogP contribution < -0.4 is 14.8 Å². The quantitative estimate of drug-likeness (QED) is 0.129. The van der Waals surface area contributed by atoms with Gasteiger partial charge in [-0.05, 0) is 54.6 Å². The summed E-state index contributed by atoms with van der Waals surface area (Å²) in [4.78, 5) is 18.8. The molecule has 7 nitrogen and oxygen atoms in total. The third-order valence-electron chi connectivity index (χ3n) is 5.44. The summed E-state index contributed by atoms with van der Waals surface area (Å²) in [6.07, 6.45) is 3.09. The second-order valence-electron chi connectivity index (χ2n) is 7.78. The van der Waals surface area contributed by atoms with Crippen LogP contribution in [0.1, 0.15) is 10.5 Å². The Hall–Kier alpha value is -4.58.